The van der Waals surface area contributed by atoms with Crippen LogP contribution in [0.25, 0.3) is 0 Å². The van der Waals surface area contributed by atoms with E-state index in [1.165, 1.54) is 24.1 Å². The molecule has 2 rings (SSSR count). The number of nitrogens with one attached hydrogen (secondary N) is 2. The molecule has 0 bridgehead atoms. The maximum atomic E-state index is 5.54. The average Bonchev–Trinajstić information content (AvgIpc) is 2.45. The molecule has 0 amide bonds. The second kappa shape index (κ2) is 8.15. The highest BCUT2D eigenvalue weighted by Crippen LogP contribution is 2.15. The molecule has 1 heterocycles. The summed E-state index contributed by atoms with van der Waals surface area (Å²) >= 11 is 0. The molecule has 0 radical (unpaired) electrons. The van der Waals surface area contributed by atoms with Crippen molar-refractivity contribution >= 4 is 5.69 Å². The van der Waals surface area contributed by atoms with Gasteiger partial charge >= 0.3 is 0 Å². The molecule has 0 aliphatic carbocycles. The van der Waals surface area contributed by atoms with Crippen LogP contribution in [0.15, 0.2) is 24.3 Å². The minimum atomic E-state index is 0.540. The number of methoxy groups -OCH3 is 1. The maximum absolute atomic E-state index is 5.54. The summed E-state index contributed by atoms with van der Waals surface area (Å²) in [5, 5.41) is 7.00. The number of rotatable bonds is 7. The van der Waals surface area contributed by atoms with Crippen molar-refractivity contribution in [3.05, 3.63) is 29.8 Å². The molecule has 1 atom stereocenters. The van der Waals surface area contributed by atoms with E-state index in [-0.39, 0.29) is 0 Å². The highest BCUT2D eigenvalue weighted by Gasteiger charge is 2.12. The van der Waals surface area contributed by atoms with Crippen molar-refractivity contribution in [1.29, 1.82) is 0 Å². The molecule has 0 spiro atoms. The lowest BCUT2D eigenvalue weighted by Gasteiger charge is -2.25. The fourth-order valence-corrected chi connectivity index (χ4v) is 2.29. The Morgan fingerprint density at radius 2 is 2.32 bits per heavy atom. The minimum absolute atomic E-state index is 0.540. The standard InChI is InChI=1S/C15H24N2O2/c1-18-8-9-19-12-13-4-2-5-14(10-13)17-15-6-3-7-16-11-15/h2,4-5,10,15-17H,3,6-9,11-12H2,1H3. The molecular weight excluding hydrogens is 240 g/mol. The predicted octanol–water partition coefficient (Wildman–Crippen LogP) is 2.01. The summed E-state index contributed by atoms with van der Waals surface area (Å²) in [5.41, 5.74) is 2.38. The first-order valence-electron chi connectivity index (χ1n) is 7.01. The minimum Gasteiger partial charge on any atom is -0.382 e. The van der Waals surface area contributed by atoms with E-state index < -0.39 is 0 Å². The van der Waals surface area contributed by atoms with E-state index in [0.717, 1.165) is 13.1 Å². The van der Waals surface area contributed by atoms with Gasteiger partial charge in [0.05, 0.1) is 19.8 Å². The van der Waals surface area contributed by atoms with Gasteiger partial charge in [-0.3, -0.25) is 0 Å². The predicted molar refractivity (Wildman–Crippen MR) is 77.5 cm³/mol. The normalized spacial score (nSPS) is 19.3. The molecule has 1 fully saturated rings. The van der Waals surface area contributed by atoms with Crippen LogP contribution in [0.5, 0.6) is 0 Å². The van der Waals surface area contributed by atoms with E-state index in [0.29, 0.717) is 25.9 Å². The lowest BCUT2D eigenvalue weighted by atomic mass is 10.1. The van der Waals surface area contributed by atoms with Crippen molar-refractivity contribution in [3.63, 3.8) is 0 Å². The Labute approximate surface area is 115 Å². The summed E-state index contributed by atoms with van der Waals surface area (Å²) in [6, 6.07) is 9.00. The first-order valence-corrected chi connectivity index (χ1v) is 7.01. The van der Waals surface area contributed by atoms with Gasteiger partial charge in [0.15, 0.2) is 0 Å². The molecule has 19 heavy (non-hydrogen) atoms. The summed E-state index contributed by atoms with van der Waals surface area (Å²) in [6.45, 7) is 4.12. The SMILES string of the molecule is COCCOCc1cccc(NC2CCCNC2)c1. The van der Waals surface area contributed by atoms with Crippen LogP contribution in [0.1, 0.15) is 18.4 Å². The van der Waals surface area contributed by atoms with Crippen LogP contribution in [0.3, 0.4) is 0 Å². The van der Waals surface area contributed by atoms with Gasteiger partial charge in [0, 0.05) is 25.4 Å². The number of hydrogen-bond acceptors (Lipinski definition) is 4. The third kappa shape index (κ3) is 5.19. The van der Waals surface area contributed by atoms with Crippen molar-refractivity contribution in [2.24, 2.45) is 0 Å². The number of ether oxygens (including phenoxy) is 2. The van der Waals surface area contributed by atoms with Crippen LogP contribution in [-0.4, -0.2) is 39.5 Å². The molecule has 1 saturated heterocycles. The zero-order valence-electron chi connectivity index (χ0n) is 11.7. The molecule has 4 heteroatoms. The molecule has 1 aliphatic heterocycles. The smallest absolute Gasteiger partial charge is 0.0718 e. The summed E-state index contributed by atoms with van der Waals surface area (Å²) < 4.78 is 10.5. The van der Waals surface area contributed by atoms with Crippen LogP contribution in [0.4, 0.5) is 5.69 Å². The fraction of sp³-hybridized carbons (Fsp3) is 0.600. The van der Waals surface area contributed by atoms with Crippen LogP contribution >= 0.6 is 0 Å². The highest BCUT2D eigenvalue weighted by atomic mass is 16.5. The highest BCUT2D eigenvalue weighted by molar-refractivity contribution is 5.46. The molecule has 0 aromatic heterocycles. The lowest BCUT2D eigenvalue weighted by molar-refractivity contribution is 0.0617. The molecule has 1 aliphatic rings. The zero-order valence-corrected chi connectivity index (χ0v) is 11.7. The topological polar surface area (TPSA) is 42.5 Å². The van der Waals surface area contributed by atoms with Crippen molar-refractivity contribution in [1.82, 2.24) is 5.32 Å². The molecule has 1 unspecified atom stereocenters. The van der Waals surface area contributed by atoms with Crippen molar-refractivity contribution in [2.45, 2.75) is 25.5 Å². The molecule has 0 saturated carbocycles. The molecule has 1 aromatic carbocycles. The van der Waals surface area contributed by atoms with Gasteiger partial charge in [-0.15, -0.1) is 0 Å². The quantitative estimate of drug-likeness (QED) is 0.739. The Kier molecular flexibility index (Phi) is 6.14. The van der Waals surface area contributed by atoms with Gasteiger partial charge in [-0.25, -0.2) is 0 Å². The number of benzene rings is 1. The third-order valence-electron chi connectivity index (χ3n) is 3.30. The van der Waals surface area contributed by atoms with Gasteiger partial charge in [-0.05, 0) is 37.1 Å². The van der Waals surface area contributed by atoms with E-state index >= 15 is 0 Å². The molecular formula is C15H24N2O2. The average molecular weight is 264 g/mol. The Balaban J connectivity index is 1.80. The molecule has 2 N–H and O–H groups in total. The zero-order chi connectivity index (χ0) is 13.3. The third-order valence-corrected chi connectivity index (χ3v) is 3.30. The Morgan fingerprint density at radius 3 is 3.11 bits per heavy atom. The second-order valence-corrected chi connectivity index (χ2v) is 4.93. The van der Waals surface area contributed by atoms with Crippen molar-refractivity contribution in [2.75, 3.05) is 38.7 Å². The summed E-state index contributed by atoms with van der Waals surface area (Å²) in [6.07, 6.45) is 2.49. The van der Waals surface area contributed by atoms with Crippen molar-refractivity contribution in [3.8, 4) is 0 Å². The van der Waals surface area contributed by atoms with Gasteiger partial charge in [0.25, 0.3) is 0 Å². The summed E-state index contributed by atoms with van der Waals surface area (Å²) in [5.74, 6) is 0. The first kappa shape index (κ1) is 14.3. The largest absolute Gasteiger partial charge is 0.382 e. The summed E-state index contributed by atoms with van der Waals surface area (Å²) in [7, 11) is 1.69. The van der Waals surface area contributed by atoms with Gasteiger partial charge in [0.2, 0.25) is 0 Å². The van der Waals surface area contributed by atoms with E-state index in [4.69, 9.17) is 9.47 Å². The van der Waals surface area contributed by atoms with E-state index in [1.54, 1.807) is 7.11 Å². The van der Waals surface area contributed by atoms with E-state index in [2.05, 4.69) is 34.9 Å². The van der Waals surface area contributed by atoms with Gasteiger partial charge in [-0.2, -0.15) is 0 Å². The van der Waals surface area contributed by atoms with Gasteiger partial charge in [0.1, 0.15) is 0 Å². The number of anilines is 1. The van der Waals surface area contributed by atoms with Gasteiger partial charge in [-0.1, -0.05) is 12.1 Å². The van der Waals surface area contributed by atoms with E-state index in [9.17, 15) is 0 Å². The first-order chi connectivity index (χ1) is 9.38. The second-order valence-electron chi connectivity index (χ2n) is 4.93. The van der Waals surface area contributed by atoms with E-state index in [1.807, 2.05) is 0 Å². The number of hydrogen-bond donors (Lipinski definition) is 2. The summed E-state index contributed by atoms with van der Waals surface area (Å²) in [4.78, 5) is 0. The van der Waals surface area contributed by atoms with Crippen LogP contribution < -0.4 is 10.6 Å². The fourth-order valence-electron chi connectivity index (χ4n) is 2.29. The lowest BCUT2D eigenvalue weighted by Crippen LogP contribution is -2.38. The molecule has 106 valence electrons. The van der Waals surface area contributed by atoms with Crippen molar-refractivity contribution < 1.29 is 9.47 Å². The number of piperidine rings is 1. The molecule has 1 aromatic rings. The van der Waals surface area contributed by atoms with Gasteiger partial charge < -0.3 is 20.1 Å². The van der Waals surface area contributed by atoms with Crippen LogP contribution in [0.2, 0.25) is 0 Å². The van der Waals surface area contributed by atoms with Crippen LogP contribution in [-0.2, 0) is 16.1 Å². The Morgan fingerprint density at radius 1 is 1.37 bits per heavy atom. The Hall–Kier alpha value is -1.10. The monoisotopic (exact) mass is 264 g/mol. The maximum Gasteiger partial charge on any atom is 0.0718 e. The van der Waals surface area contributed by atoms with Crippen LogP contribution in [0, 0.1) is 0 Å². The Bertz CT molecular complexity index is 365. The molecule has 4 nitrogen and oxygen atoms in total.